The molecule has 0 saturated carbocycles. The number of amides is 1. The highest BCUT2D eigenvalue weighted by atomic mass is 79.9. The van der Waals surface area contributed by atoms with Crippen molar-refractivity contribution in [2.75, 3.05) is 13.7 Å². The fourth-order valence-corrected chi connectivity index (χ4v) is 2.71. The normalized spacial score (nSPS) is 18.1. The van der Waals surface area contributed by atoms with E-state index < -0.39 is 12.0 Å². The zero-order valence-corrected chi connectivity index (χ0v) is 11.3. The Balaban J connectivity index is 2.54. The van der Waals surface area contributed by atoms with Crippen LogP contribution in [0, 0.1) is 0 Å². The number of carboxylic acids is 1. The number of hydrogen-bond acceptors (Lipinski definition) is 3. The van der Waals surface area contributed by atoms with Crippen molar-refractivity contribution >= 4 is 28.3 Å². The molecule has 1 atom stereocenters. The zero-order chi connectivity index (χ0) is 13.3. The Hall–Kier alpha value is -1.56. The van der Waals surface area contributed by atoms with Crippen LogP contribution in [0.2, 0.25) is 0 Å². The second-order valence-electron chi connectivity index (χ2n) is 4.02. The quantitative estimate of drug-likeness (QED) is 0.861. The molecule has 96 valence electrons. The minimum absolute atomic E-state index is 0.401. The first-order valence-corrected chi connectivity index (χ1v) is 6.18. The first-order chi connectivity index (χ1) is 8.58. The Labute approximate surface area is 112 Å². The Morgan fingerprint density at radius 3 is 2.89 bits per heavy atom. The van der Waals surface area contributed by atoms with Crippen LogP contribution >= 0.6 is 15.9 Å². The van der Waals surface area contributed by atoms with Gasteiger partial charge < -0.3 is 14.7 Å². The molecule has 0 fully saturated rings. The second kappa shape index (κ2) is 4.97. The fraction of sp³-hybridized carbons (Fsp3) is 0.333. The summed E-state index contributed by atoms with van der Waals surface area (Å²) < 4.78 is 5.87. The molecule has 0 aromatic heterocycles. The number of carbonyl (C=O) groups is 2. The second-order valence-corrected chi connectivity index (χ2v) is 4.87. The van der Waals surface area contributed by atoms with Crippen LogP contribution in [0.1, 0.15) is 17.2 Å². The van der Waals surface area contributed by atoms with Gasteiger partial charge in [-0.25, -0.2) is 4.79 Å². The lowest BCUT2D eigenvalue weighted by Crippen LogP contribution is -2.38. The molecular formula is C12H12BrNO4. The van der Waals surface area contributed by atoms with E-state index in [1.807, 2.05) is 6.07 Å². The van der Waals surface area contributed by atoms with Gasteiger partial charge in [-0.3, -0.25) is 4.79 Å². The van der Waals surface area contributed by atoms with Crippen molar-refractivity contribution in [3.63, 3.8) is 0 Å². The average Bonchev–Trinajstić information content (AvgIpc) is 2.36. The van der Waals surface area contributed by atoms with Crippen LogP contribution in [0.15, 0.2) is 16.6 Å². The summed E-state index contributed by atoms with van der Waals surface area (Å²) in [4.78, 5) is 23.5. The van der Waals surface area contributed by atoms with Crippen molar-refractivity contribution < 1.29 is 19.4 Å². The monoisotopic (exact) mass is 313 g/mol. The molecule has 1 aliphatic rings. The van der Waals surface area contributed by atoms with Crippen molar-refractivity contribution in [2.24, 2.45) is 0 Å². The Morgan fingerprint density at radius 2 is 2.33 bits per heavy atom. The lowest BCUT2D eigenvalue weighted by atomic mass is 9.93. The molecule has 18 heavy (non-hydrogen) atoms. The molecule has 0 bridgehead atoms. The highest BCUT2D eigenvalue weighted by Crippen LogP contribution is 2.36. The molecule has 1 aromatic carbocycles. The third-order valence-corrected chi connectivity index (χ3v) is 3.67. The number of halogens is 1. The van der Waals surface area contributed by atoms with Crippen molar-refractivity contribution in [3.8, 4) is 5.75 Å². The summed E-state index contributed by atoms with van der Waals surface area (Å²) in [5.41, 5.74) is 1.54. The third-order valence-electron chi connectivity index (χ3n) is 3.05. The number of fused-ring (bicyclic) bond motifs is 1. The molecule has 0 aliphatic carbocycles. The largest absolute Gasteiger partial charge is 0.496 e. The molecule has 1 unspecified atom stereocenters. The van der Waals surface area contributed by atoms with Gasteiger partial charge in [0.05, 0.1) is 11.6 Å². The number of ether oxygens (including phenoxy) is 1. The van der Waals surface area contributed by atoms with Crippen LogP contribution in [-0.2, 0) is 16.0 Å². The van der Waals surface area contributed by atoms with Gasteiger partial charge in [0.2, 0.25) is 6.41 Å². The predicted molar refractivity (Wildman–Crippen MR) is 67.5 cm³/mol. The van der Waals surface area contributed by atoms with Gasteiger partial charge in [0.15, 0.2) is 6.04 Å². The number of rotatable bonds is 3. The Morgan fingerprint density at radius 1 is 1.61 bits per heavy atom. The lowest BCUT2D eigenvalue weighted by molar-refractivity contribution is -0.147. The van der Waals surface area contributed by atoms with E-state index in [-0.39, 0.29) is 0 Å². The molecule has 1 heterocycles. The van der Waals surface area contributed by atoms with E-state index in [0.717, 1.165) is 5.56 Å². The summed E-state index contributed by atoms with van der Waals surface area (Å²) in [6.45, 7) is 0.401. The van der Waals surface area contributed by atoms with Gasteiger partial charge in [-0.2, -0.15) is 0 Å². The number of benzene rings is 1. The number of methoxy groups -OCH3 is 1. The molecule has 0 spiro atoms. The molecule has 1 N–H and O–H groups in total. The predicted octanol–water partition coefficient (Wildman–Crippen LogP) is 1.60. The topological polar surface area (TPSA) is 66.8 Å². The first kappa shape index (κ1) is 12.9. The maximum atomic E-state index is 11.3. The highest BCUT2D eigenvalue weighted by Gasteiger charge is 2.32. The van der Waals surface area contributed by atoms with Crippen LogP contribution < -0.4 is 4.74 Å². The molecule has 0 saturated heterocycles. The summed E-state index contributed by atoms with van der Waals surface area (Å²) in [5, 5.41) is 9.26. The van der Waals surface area contributed by atoms with E-state index in [9.17, 15) is 14.7 Å². The van der Waals surface area contributed by atoms with Crippen LogP contribution in [0.5, 0.6) is 5.75 Å². The molecular weight excluding hydrogens is 302 g/mol. The van der Waals surface area contributed by atoms with E-state index in [1.54, 1.807) is 13.2 Å². The molecule has 1 aliphatic heterocycles. The van der Waals surface area contributed by atoms with Gasteiger partial charge in [0.25, 0.3) is 0 Å². The van der Waals surface area contributed by atoms with Gasteiger partial charge in [0, 0.05) is 6.54 Å². The average molecular weight is 314 g/mol. The van der Waals surface area contributed by atoms with Gasteiger partial charge >= 0.3 is 5.97 Å². The van der Waals surface area contributed by atoms with E-state index in [2.05, 4.69) is 15.9 Å². The molecule has 1 aromatic rings. The van der Waals surface area contributed by atoms with E-state index in [0.29, 0.717) is 35.2 Å². The van der Waals surface area contributed by atoms with Crippen molar-refractivity contribution in [2.45, 2.75) is 12.5 Å². The minimum atomic E-state index is -1.03. The summed E-state index contributed by atoms with van der Waals surface area (Å²) in [6, 6.07) is 2.61. The minimum Gasteiger partial charge on any atom is -0.496 e. The van der Waals surface area contributed by atoms with Crippen LogP contribution in [0.3, 0.4) is 0 Å². The summed E-state index contributed by atoms with van der Waals surface area (Å²) in [5.74, 6) is -0.363. The van der Waals surface area contributed by atoms with E-state index in [4.69, 9.17) is 4.74 Å². The summed E-state index contributed by atoms with van der Waals surface area (Å²) in [6.07, 6.45) is 1.21. The van der Waals surface area contributed by atoms with Crippen molar-refractivity contribution in [1.82, 2.24) is 4.90 Å². The number of carboxylic acid groups (broad SMARTS) is 1. The first-order valence-electron chi connectivity index (χ1n) is 5.38. The zero-order valence-electron chi connectivity index (χ0n) is 9.72. The van der Waals surface area contributed by atoms with E-state index >= 15 is 0 Å². The number of carbonyl (C=O) groups excluding carboxylic acids is 1. The van der Waals surface area contributed by atoms with Crippen molar-refractivity contribution in [3.05, 3.63) is 27.7 Å². The smallest absolute Gasteiger partial charge is 0.331 e. The summed E-state index contributed by atoms with van der Waals surface area (Å²) >= 11 is 3.33. The van der Waals surface area contributed by atoms with Gasteiger partial charge in [0.1, 0.15) is 5.75 Å². The fourth-order valence-electron chi connectivity index (χ4n) is 2.18. The highest BCUT2D eigenvalue weighted by molar-refractivity contribution is 9.10. The number of nitrogens with zero attached hydrogens (tertiary/aromatic N) is 1. The molecule has 1 amide bonds. The maximum absolute atomic E-state index is 11.3. The van der Waals surface area contributed by atoms with Crippen LogP contribution in [-0.4, -0.2) is 36.0 Å². The standard InChI is InChI=1S/C12H12BrNO4/c1-18-10-4-7-2-3-14(6-15)11(12(16)17)8(7)5-9(10)13/h4-6,11H,2-3H2,1H3,(H,16,17). The van der Waals surface area contributed by atoms with Gasteiger partial charge in [-0.1, -0.05) is 0 Å². The van der Waals surface area contributed by atoms with Gasteiger partial charge in [-0.15, -0.1) is 0 Å². The molecule has 2 rings (SSSR count). The van der Waals surface area contributed by atoms with Crippen LogP contribution in [0.4, 0.5) is 0 Å². The maximum Gasteiger partial charge on any atom is 0.331 e. The molecule has 5 nitrogen and oxygen atoms in total. The third kappa shape index (κ3) is 2.08. The lowest BCUT2D eigenvalue weighted by Gasteiger charge is -2.32. The Kier molecular flexibility index (Phi) is 3.56. The SMILES string of the molecule is COc1cc2c(cc1Br)C(C(=O)O)N(C=O)CC2. The van der Waals surface area contributed by atoms with Crippen molar-refractivity contribution in [1.29, 1.82) is 0 Å². The van der Waals surface area contributed by atoms with E-state index in [1.165, 1.54) is 4.90 Å². The molecule has 0 radical (unpaired) electrons. The molecule has 6 heteroatoms. The van der Waals surface area contributed by atoms with Crippen LogP contribution in [0.25, 0.3) is 0 Å². The van der Waals surface area contributed by atoms with Gasteiger partial charge in [-0.05, 0) is 45.6 Å². The summed E-state index contributed by atoms with van der Waals surface area (Å²) in [7, 11) is 1.56. The number of hydrogen-bond donors (Lipinski definition) is 1. The Bertz CT molecular complexity index is 503. The number of aliphatic carboxylic acids is 1.